The van der Waals surface area contributed by atoms with Gasteiger partial charge in [0.05, 0.1) is 9.82 Å². The normalized spacial score (nSPS) is 11.0. The smallest absolute Gasteiger partial charge is 0.283 e. The summed E-state index contributed by atoms with van der Waals surface area (Å²) in [6.07, 6.45) is 1.34. The fourth-order valence-corrected chi connectivity index (χ4v) is 3.97. The van der Waals surface area contributed by atoms with Gasteiger partial charge in [0, 0.05) is 21.7 Å². The van der Waals surface area contributed by atoms with Gasteiger partial charge in [-0.15, -0.1) is 0 Å². The zero-order valence-electron chi connectivity index (χ0n) is 17.3. The highest BCUT2D eigenvalue weighted by Gasteiger charge is 2.17. The van der Waals surface area contributed by atoms with Crippen molar-refractivity contribution in [3.63, 3.8) is 0 Å². The molecule has 160 valence electrons. The van der Waals surface area contributed by atoms with Crippen LogP contribution in [0.1, 0.15) is 16.7 Å². The monoisotopic (exact) mass is 463 g/mol. The number of hydrogen-bond acceptors (Lipinski definition) is 5. The van der Waals surface area contributed by atoms with Gasteiger partial charge >= 0.3 is 0 Å². The van der Waals surface area contributed by atoms with Crippen LogP contribution in [-0.4, -0.2) is 10.8 Å². The molecule has 0 aromatic heterocycles. The minimum absolute atomic E-state index is 0.120. The molecule has 0 bridgehead atoms. The van der Waals surface area contributed by atoms with E-state index in [0.717, 1.165) is 16.0 Å². The number of carbonyl (C=O) groups excluding carboxylic acids is 1. The molecule has 3 aromatic rings. The number of rotatable bonds is 6. The van der Waals surface area contributed by atoms with Gasteiger partial charge in [-0.3, -0.25) is 14.9 Å². The quantitative estimate of drug-likeness (QED) is 0.193. The number of nitro benzene ring substituents is 1. The van der Waals surface area contributed by atoms with Crippen molar-refractivity contribution < 1.29 is 9.72 Å². The summed E-state index contributed by atoms with van der Waals surface area (Å²) in [6.45, 7) is 3.81. The highest BCUT2D eigenvalue weighted by molar-refractivity contribution is 7.99. The maximum Gasteiger partial charge on any atom is 0.283 e. The molecule has 0 aliphatic carbocycles. The average molecular weight is 464 g/mol. The third kappa shape index (κ3) is 5.76. The van der Waals surface area contributed by atoms with Gasteiger partial charge < -0.3 is 5.32 Å². The number of nitrogens with one attached hydrogen (secondary N) is 1. The van der Waals surface area contributed by atoms with E-state index in [1.165, 1.54) is 23.9 Å². The Hall–Kier alpha value is -3.60. The van der Waals surface area contributed by atoms with E-state index in [-0.39, 0.29) is 11.3 Å². The topological polar surface area (TPSA) is 96.0 Å². The molecule has 0 saturated carbocycles. The second kappa shape index (κ2) is 10.1. The number of benzene rings is 3. The SMILES string of the molecule is Cc1ccc(NC(=O)/C(C#N)=C\c2ccc(Sc3ccc(Cl)cc3)c([N+](=O)[O-])c2)c(C)c1. The third-order valence-electron chi connectivity index (χ3n) is 4.53. The minimum Gasteiger partial charge on any atom is -0.321 e. The van der Waals surface area contributed by atoms with E-state index in [2.05, 4.69) is 5.32 Å². The molecular formula is C24H18ClN3O3S. The number of nitriles is 1. The van der Waals surface area contributed by atoms with E-state index in [9.17, 15) is 20.2 Å². The number of amides is 1. The first-order valence-electron chi connectivity index (χ1n) is 9.49. The van der Waals surface area contributed by atoms with E-state index >= 15 is 0 Å². The van der Waals surface area contributed by atoms with Gasteiger partial charge in [0.25, 0.3) is 11.6 Å². The summed E-state index contributed by atoms with van der Waals surface area (Å²) >= 11 is 7.12. The van der Waals surface area contributed by atoms with Crippen molar-refractivity contribution in [2.24, 2.45) is 0 Å². The first-order chi connectivity index (χ1) is 15.3. The largest absolute Gasteiger partial charge is 0.321 e. The van der Waals surface area contributed by atoms with Crippen molar-refractivity contribution in [1.29, 1.82) is 5.26 Å². The molecule has 6 nitrogen and oxygen atoms in total. The maximum atomic E-state index is 12.6. The molecule has 0 radical (unpaired) electrons. The van der Waals surface area contributed by atoms with E-state index < -0.39 is 10.8 Å². The average Bonchev–Trinajstić information content (AvgIpc) is 2.76. The Balaban J connectivity index is 1.87. The van der Waals surface area contributed by atoms with Crippen LogP contribution in [0.3, 0.4) is 0 Å². The Morgan fingerprint density at radius 3 is 2.47 bits per heavy atom. The standard InChI is InChI=1S/C24H18ClN3O3S/c1-15-3-9-21(16(2)11-15)27-24(29)18(14-26)12-17-4-10-23(22(13-17)28(30)31)32-20-7-5-19(25)6-8-20/h3-13H,1-2H3,(H,27,29)/b18-12-. The van der Waals surface area contributed by atoms with E-state index in [0.29, 0.717) is 21.2 Å². The van der Waals surface area contributed by atoms with E-state index in [1.54, 1.807) is 42.5 Å². The number of anilines is 1. The van der Waals surface area contributed by atoms with Crippen molar-refractivity contribution in [1.82, 2.24) is 0 Å². The molecule has 3 rings (SSSR count). The summed E-state index contributed by atoms with van der Waals surface area (Å²) in [5.41, 5.74) is 2.63. The van der Waals surface area contributed by atoms with Gasteiger partial charge in [-0.1, -0.05) is 47.1 Å². The molecule has 0 atom stereocenters. The summed E-state index contributed by atoms with van der Waals surface area (Å²) in [7, 11) is 0. The zero-order valence-corrected chi connectivity index (χ0v) is 18.8. The highest BCUT2D eigenvalue weighted by Crippen LogP contribution is 2.36. The highest BCUT2D eigenvalue weighted by atomic mass is 35.5. The number of nitro groups is 1. The lowest BCUT2D eigenvalue weighted by atomic mass is 10.1. The summed E-state index contributed by atoms with van der Waals surface area (Å²) in [6, 6.07) is 19.0. The molecule has 0 saturated heterocycles. The zero-order chi connectivity index (χ0) is 23.3. The van der Waals surface area contributed by atoms with Gasteiger partial charge in [0.15, 0.2) is 0 Å². The summed E-state index contributed by atoms with van der Waals surface area (Å²) in [4.78, 5) is 25.0. The van der Waals surface area contributed by atoms with Crippen LogP contribution in [0.2, 0.25) is 5.02 Å². The fraction of sp³-hybridized carbons (Fsp3) is 0.0833. The van der Waals surface area contributed by atoms with Crippen LogP contribution in [0.25, 0.3) is 6.08 Å². The van der Waals surface area contributed by atoms with Crippen molar-refractivity contribution in [2.75, 3.05) is 5.32 Å². The molecule has 8 heteroatoms. The van der Waals surface area contributed by atoms with Gasteiger partial charge in [0.1, 0.15) is 11.6 Å². The Morgan fingerprint density at radius 1 is 1.12 bits per heavy atom. The lowest BCUT2D eigenvalue weighted by Crippen LogP contribution is -2.14. The number of hydrogen-bond donors (Lipinski definition) is 1. The van der Waals surface area contributed by atoms with Gasteiger partial charge in [-0.25, -0.2) is 0 Å². The summed E-state index contributed by atoms with van der Waals surface area (Å²) in [5.74, 6) is -0.582. The molecular weight excluding hydrogens is 446 g/mol. The molecule has 0 fully saturated rings. The molecule has 1 N–H and O–H groups in total. The number of halogens is 1. The van der Waals surface area contributed by atoms with Crippen LogP contribution < -0.4 is 5.32 Å². The third-order valence-corrected chi connectivity index (χ3v) is 5.85. The Bertz CT molecular complexity index is 1260. The van der Waals surface area contributed by atoms with Crippen LogP contribution >= 0.6 is 23.4 Å². The number of nitrogens with zero attached hydrogens (tertiary/aromatic N) is 2. The maximum absolute atomic E-state index is 12.6. The predicted molar refractivity (Wildman–Crippen MR) is 127 cm³/mol. The first-order valence-corrected chi connectivity index (χ1v) is 10.7. The molecule has 0 spiro atoms. The van der Waals surface area contributed by atoms with Crippen molar-refractivity contribution in [3.05, 3.63) is 98.1 Å². The van der Waals surface area contributed by atoms with Crippen molar-refractivity contribution in [2.45, 2.75) is 23.6 Å². The van der Waals surface area contributed by atoms with Gasteiger partial charge in [-0.2, -0.15) is 5.26 Å². The van der Waals surface area contributed by atoms with E-state index in [1.807, 2.05) is 32.0 Å². The molecule has 1 amide bonds. The molecule has 32 heavy (non-hydrogen) atoms. The molecule has 3 aromatic carbocycles. The summed E-state index contributed by atoms with van der Waals surface area (Å²) in [5, 5.41) is 24.4. The van der Waals surface area contributed by atoms with Crippen LogP contribution in [0.4, 0.5) is 11.4 Å². The second-order valence-corrected chi connectivity index (χ2v) is 8.53. The fourth-order valence-electron chi connectivity index (χ4n) is 2.94. The van der Waals surface area contributed by atoms with Gasteiger partial charge in [-0.05, 0) is 67.4 Å². The molecule has 0 unspecified atom stereocenters. The van der Waals surface area contributed by atoms with Crippen LogP contribution in [0, 0.1) is 35.3 Å². The van der Waals surface area contributed by atoms with E-state index in [4.69, 9.17) is 11.6 Å². The Morgan fingerprint density at radius 2 is 1.84 bits per heavy atom. The summed E-state index contributed by atoms with van der Waals surface area (Å²) < 4.78 is 0. The molecule has 0 heterocycles. The predicted octanol–water partition coefficient (Wildman–Crippen LogP) is 6.56. The Labute approximate surface area is 194 Å². The first kappa shape index (κ1) is 23.1. The number of aryl methyl sites for hydroxylation is 2. The van der Waals surface area contributed by atoms with Crippen LogP contribution in [0.15, 0.2) is 76.0 Å². The van der Waals surface area contributed by atoms with Crippen LogP contribution in [-0.2, 0) is 4.79 Å². The number of carbonyl (C=O) groups is 1. The van der Waals surface area contributed by atoms with Crippen LogP contribution in [0.5, 0.6) is 0 Å². The molecule has 0 aliphatic heterocycles. The van der Waals surface area contributed by atoms with Crippen molar-refractivity contribution >= 4 is 46.7 Å². The van der Waals surface area contributed by atoms with Crippen molar-refractivity contribution in [3.8, 4) is 6.07 Å². The lowest BCUT2D eigenvalue weighted by Gasteiger charge is -2.09. The lowest BCUT2D eigenvalue weighted by molar-refractivity contribution is -0.387. The minimum atomic E-state index is -0.582. The Kier molecular flexibility index (Phi) is 7.31. The van der Waals surface area contributed by atoms with Gasteiger partial charge in [0.2, 0.25) is 0 Å². The second-order valence-electron chi connectivity index (χ2n) is 6.98. The molecule has 0 aliphatic rings.